The fourth-order valence-corrected chi connectivity index (χ4v) is 3.10. The van der Waals surface area contributed by atoms with Gasteiger partial charge in [-0.3, -0.25) is 0 Å². The summed E-state index contributed by atoms with van der Waals surface area (Å²) in [4.78, 5) is 2.45. The monoisotopic (exact) mass is 326 g/mol. The number of anilines is 1. The number of benzene rings is 2. The Bertz CT molecular complexity index is 626. The number of rotatable bonds is 2. The van der Waals surface area contributed by atoms with Gasteiger partial charge in [0, 0.05) is 16.7 Å². The molecule has 1 aliphatic rings. The molecule has 3 heteroatoms. The standard InChI is InChI=1S/C17H15BrN2/c18-15-7-9-16(10-8-15)20-11-1-2-17(20)14-5-3-13(12-19)4-6-14/h3-10,17H,1-2,11H2. The molecule has 2 nitrogen and oxygen atoms in total. The Balaban J connectivity index is 1.88. The highest BCUT2D eigenvalue weighted by Gasteiger charge is 2.25. The van der Waals surface area contributed by atoms with Crippen molar-refractivity contribution in [3.05, 3.63) is 64.1 Å². The number of hydrogen-bond donors (Lipinski definition) is 0. The maximum Gasteiger partial charge on any atom is 0.0991 e. The second-order valence-electron chi connectivity index (χ2n) is 5.06. The van der Waals surface area contributed by atoms with Gasteiger partial charge in [0.1, 0.15) is 0 Å². The van der Waals surface area contributed by atoms with Gasteiger partial charge in [0.2, 0.25) is 0 Å². The molecule has 2 aromatic carbocycles. The van der Waals surface area contributed by atoms with E-state index in [-0.39, 0.29) is 0 Å². The van der Waals surface area contributed by atoms with E-state index in [1.54, 1.807) is 0 Å². The normalized spacial score (nSPS) is 18.0. The number of halogens is 1. The van der Waals surface area contributed by atoms with Crippen LogP contribution in [0.1, 0.15) is 30.0 Å². The first-order valence-corrected chi connectivity index (χ1v) is 7.59. The fraction of sp³-hybridized carbons (Fsp3) is 0.235. The lowest BCUT2D eigenvalue weighted by Crippen LogP contribution is -2.22. The number of hydrogen-bond acceptors (Lipinski definition) is 2. The Morgan fingerprint density at radius 3 is 2.40 bits per heavy atom. The summed E-state index contributed by atoms with van der Waals surface area (Å²) >= 11 is 3.48. The molecule has 1 aliphatic heterocycles. The van der Waals surface area contributed by atoms with Crippen LogP contribution in [0.2, 0.25) is 0 Å². The molecule has 2 aromatic rings. The molecule has 1 fully saturated rings. The maximum absolute atomic E-state index is 8.88. The maximum atomic E-state index is 8.88. The van der Waals surface area contributed by atoms with E-state index < -0.39 is 0 Å². The van der Waals surface area contributed by atoms with Crippen molar-refractivity contribution in [1.29, 1.82) is 5.26 Å². The Labute approximate surface area is 127 Å². The number of nitrogens with zero attached hydrogens (tertiary/aromatic N) is 2. The van der Waals surface area contributed by atoms with Gasteiger partial charge in [-0.2, -0.15) is 5.26 Å². The smallest absolute Gasteiger partial charge is 0.0991 e. The predicted octanol–water partition coefficient (Wildman–Crippen LogP) is 4.66. The summed E-state index contributed by atoms with van der Waals surface area (Å²) < 4.78 is 1.11. The molecule has 0 bridgehead atoms. The molecule has 3 rings (SSSR count). The van der Waals surface area contributed by atoms with Crippen LogP contribution in [0.15, 0.2) is 53.0 Å². The van der Waals surface area contributed by atoms with E-state index >= 15 is 0 Å². The minimum Gasteiger partial charge on any atom is -0.364 e. The molecule has 0 aromatic heterocycles. The highest BCUT2D eigenvalue weighted by molar-refractivity contribution is 9.10. The van der Waals surface area contributed by atoms with E-state index in [0.29, 0.717) is 6.04 Å². The van der Waals surface area contributed by atoms with Crippen LogP contribution in [0, 0.1) is 11.3 Å². The summed E-state index contributed by atoms with van der Waals surface area (Å²) in [5.74, 6) is 0. The predicted molar refractivity (Wildman–Crippen MR) is 84.6 cm³/mol. The van der Waals surface area contributed by atoms with Crippen molar-refractivity contribution in [2.75, 3.05) is 11.4 Å². The topological polar surface area (TPSA) is 27.0 Å². The zero-order chi connectivity index (χ0) is 13.9. The van der Waals surface area contributed by atoms with Crippen LogP contribution >= 0.6 is 15.9 Å². The highest BCUT2D eigenvalue weighted by atomic mass is 79.9. The molecule has 1 atom stereocenters. The molecule has 0 saturated carbocycles. The van der Waals surface area contributed by atoms with E-state index in [9.17, 15) is 0 Å². The Hall–Kier alpha value is -1.79. The van der Waals surface area contributed by atoms with Crippen LogP contribution in [0.4, 0.5) is 5.69 Å². The second-order valence-corrected chi connectivity index (χ2v) is 5.98. The van der Waals surface area contributed by atoms with Gasteiger partial charge in [-0.05, 0) is 54.8 Å². The van der Waals surface area contributed by atoms with Crippen molar-refractivity contribution in [3.8, 4) is 6.07 Å². The van der Waals surface area contributed by atoms with Crippen LogP contribution in [0.25, 0.3) is 0 Å². The van der Waals surface area contributed by atoms with Crippen molar-refractivity contribution in [1.82, 2.24) is 0 Å². The minimum absolute atomic E-state index is 0.420. The van der Waals surface area contributed by atoms with Crippen LogP contribution in [-0.4, -0.2) is 6.54 Å². The van der Waals surface area contributed by atoms with Crippen molar-refractivity contribution < 1.29 is 0 Å². The van der Waals surface area contributed by atoms with Gasteiger partial charge in [-0.15, -0.1) is 0 Å². The van der Waals surface area contributed by atoms with E-state index in [4.69, 9.17) is 5.26 Å². The lowest BCUT2D eigenvalue weighted by Gasteiger charge is -2.27. The van der Waals surface area contributed by atoms with E-state index in [0.717, 1.165) is 16.6 Å². The summed E-state index contributed by atoms with van der Waals surface area (Å²) in [5.41, 5.74) is 3.28. The van der Waals surface area contributed by atoms with Crippen LogP contribution in [0.5, 0.6) is 0 Å². The molecule has 0 N–H and O–H groups in total. The van der Waals surface area contributed by atoms with Gasteiger partial charge in [-0.1, -0.05) is 28.1 Å². The van der Waals surface area contributed by atoms with Gasteiger partial charge >= 0.3 is 0 Å². The average molecular weight is 327 g/mol. The van der Waals surface area contributed by atoms with Crippen molar-refractivity contribution in [3.63, 3.8) is 0 Å². The highest BCUT2D eigenvalue weighted by Crippen LogP contribution is 2.36. The molecule has 0 aliphatic carbocycles. The molecular formula is C17H15BrN2. The summed E-state index contributed by atoms with van der Waals surface area (Å²) in [6, 6.07) is 19.1. The van der Waals surface area contributed by atoms with E-state index in [1.165, 1.54) is 24.1 Å². The molecule has 1 saturated heterocycles. The number of nitriles is 1. The molecule has 20 heavy (non-hydrogen) atoms. The SMILES string of the molecule is N#Cc1ccc(C2CCCN2c2ccc(Br)cc2)cc1. The van der Waals surface area contributed by atoms with Crippen LogP contribution in [0.3, 0.4) is 0 Å². The second kappa shape index (κ2) is 5.68. The van der Waals surface area contributed by atoms with Crippen molar-refractivity contribution in [2.45, 2.75) is 18.9 Å². The summed E-state index contributed by atoms with van der Waals surface area (Å²) in [5, 5.41) is 8.88. The third-order valence-corrected chi connectivity index (χ3v) is 4.36. The summed E-state index contributed by atoms with van der Waals surface area (Å²) in [6.45, 7) is 1.09. The summed E-state index contributed by atoms with van der Waals surface area (Å²) in [7, 11) is 0. The molecule has 1 heterocycles. The third-order valence-electron chi connectivity index (χ3n) is 3.84. The molecule has 1 unspecified atom stereocenters. The molecule has 0 radical (unpaired) electrons. The van der Waals surface area contributed by atoms with Gasteiger partial charge in [0.15, 0.2) is 0 Å². The molecular weight excluding hydrogens is 312 g/mol. The van der Waals surface area contributed by atoms with Crippen LogP contribution in [-0.2, 0) is 0 Å². The first-order valence-electron chi connectivity index (χ1n) is 6.80. The van der Waals surface area contributed by atoms with E-state index in [2.05, 4.69) is 63.3 Å². The van der Waals surface area contributed by atoms with Gasteiger partial charge in [0.25, 0.3) is 0 Å². The van der Waals surface area contributed by atoms with Gasteiger partial charge in [0.05, 0.1) is 17.7 Å². The Morgan fingerprint density at radius 1 is 1.05 bits per heavy atom. The Kier molecular flexibility index (Phi) is 3.75. The van der Waals surface area contributed by atoms with E-state index in [1.807, 2.05) is 12.1 Å². The molecule has 0 spiro atoms. The minimum atomic E-state index is 0.420. The quantitative estimate of drug-likeness (QED) is 0.802. The Morgan fingerprint density at radius 2 is 1.75 bits per heavy atom. The van der Waals surface area contributed by atoms with Gasteiger partial charge < -0.3 is 4.90 Å². The fourth-order valence-electron chi connectivity index (χ4n) is 2.83. The third kappa shape index (κ3) is 2.57. The largest absolute Gasteiger partial charge is 0.364 e. The lowest BCUT2D eigenvalue weighted by atomic mass is 10.0. The average Bonchev–Trinajstić information content (AvgIpc) is 2.97. The van der Waals surface area contributed by atoms with Crippen LogP contribution < -0.4 is 4.90 Å². The zero-order valence-corrected chi connectivity index (χ0v) is 12.7. The van der Waals surface area contributed by atoms with Crippen molar-refractivity contribution >= 4 is 21.6 Å². The first kappa shape index (κ1) is 13.2. The van der Waals surface area contributed by atoms with Crippen molar-refractivity contribution in [2.24, 2.45) is 0 Å². The first-order chi connectivity index (χ1) is 9.78. The summed E-state index contributed by atoms with van der Waals surface area (Å²) in [6.07, 6.45) is 2.38. The lowest BCUT2D eigenvalue weighted by molar-refractivity contribution is 0.719. The van der Waals surface area contributed by atoms with Gasteiger partial charge in [-0.25, -0.2) is 0 Å². The zero-order valence-electron chi connectivity index (χ0n) is 11.1. The molecule has 0 amide bonds. The molecule has 100 valence electrons.